The van der Waals surface area contributed by atoms with Crippen LogP contribution in [0.4, 0.5) is 4.79 Å². The zero-order valence-electron chi connectivity index (χ0n) is 23.0. The van der Waals surface area contributed by atoms with Crippen molar-refractivity contribution >= 4 is 17.9 Å². The number of carbonyl (C=O) groups is 3. The maximum atomic E-state index is 13.4. The Morgan fingerprint density at radius 2 is 1.49 bits per heavy atom. The minimum absolute atomic E-state index is 0.148. The summed E-state index contributed by atoms with van der Waals surface area (Å²) in [5.74, 6) is 2.24. The lowest BCUT2D eigenvalue weighted by atomic mass is 9.54. The number of rotatable bonds is 7. The van der Waals surface area contributed by atoms with Crippen molar-refractivity contribution in [1.82, 2.24) is 16.0 Å². The normalized spacial score (nSPS) is 27.8. The number of benzene rings is 1. The number of phenolic OH excluding ortho intramolecular Hbond substituents is 1. The van der Waals surface area contributed by atoms with Gasteiger partial charge in [0.25, 0.3) is 0 Å². The first kappa shape index (κ1) is 27.3. The average molecular weight is 514 g/mol. The number of hydrogen-bond donors (Lipinski definition) is 4. The quantitative estimate of drug-likeness (QED) is 0.441. The van der Waals surface area contributed by atoms with Gasteiger partial charge >= 0.3 is 6.09 Å². The summed E-state index contributed by atoms with van der Waals surface area (Å²) >= 11 is 0. The Morgan fingerprint density at radius 3 is 2.00 bits per heavy atom. The molecule has 204 valence electrons. The Bertz CT molecular complexity index is 995. The molecule has 4 N–H and O–H groups in total. The van der Waals surface area contributed by atoms with Gasteiger partial charge in [0, 0.05) is 12.5 Å². The van der Waals surface area contributed by atoms with E-state index in [-0.39, 0.29) is 24.1 Å². The fourth-order valence-electron chi connectivity index (χ4n) is 6.99. The van der Waals surface area contributed by atoms with Crippen LogP contribution in [0.5, 0.6) is 5.75 Å². The molecule has 5 rings (SSSR count). The molecule has 3 amide bonds. The first-order valence-electron chi connectivity index (χ1n) is 13.7. The molecule has 0 radical (unpaired) electrons. The number of nitrogens with one attached hydrogen (secondary N) is 3. The molecular formula is C29H43N3O5. The van der Waals surface area contributed by atoms with Gasteiger partial charge in [-0.15, -0.1) is 0 Å². The van der Waals surface area contributed by atoms with Crippen molar-refractivity contribution in [3.63, 3.8) is 0 Å². The highest BCUT2D eigenvalue weighted by Gasteiger charge is 2.48. The van der Waals surface area contributed by atoms with Gasteiger partial charge in [-0.1, -0.05) is 0 Å². The number of aromatic hydroxyl groups is 1. The van der Waals surface area contributed by atoms with Gasteiger partial charge in [-0.3, -0.25) is 9.59 Å². The minimum Gasteiger partial charge on any atom is -0.508 e. The van der Waals surface area contributed by atoms with E-state index in [2.05, 4.69) is 16.0 Å². The predicted molar refractivity (Wildman–Crippen MR) is 141 cm³/mol. The Labute approximate surface area is 220 Å². The third-order valence-corrected chi connectivity index (χ3v) is 8.38. The molecule has 2 atom stereocenters. The first-order valence-corrected chi connectivity index (χ1v) is 13.7. The third-order valence-electron chi connectivity index (χ3n) is 8.38. The van der Waals surface area contributed by atoms with Gasteiger partial charge in [-0.25, -0.2) is 4.79 Å². The molecule has 0 aromatic heterocycles. The van der Waals surface area contributed by atoms with E-state index in [1.807, 2.05) is 13.8 Å². The molecule has 0 aliphatic heterocycles. The van der Waals surface area contributed by atoms with E-state index in [0.717, 1.165) is 28.5 Å². The molecule has 4 fully saturated rings. The van der Waals surface area contributed by atoms with Crippen LogP contribution >= 0.6 is 0 Å². The monoisotopic (exact) mass is 513 g/mol. The Hall–Kier alpha value is -2.77. The molecular weight excluding hydrogens is 470 g/mol. The van der Waals surface area contributed by atoms with Crippen LogP contribution in [0.25, 0.3) is 0 Å². The molecule has 0 unspecified atom stereocenters. The lowest BCUT2D eigenvalue weighted by Crippen LogP contribution is -2.59. The molecule has 4 aliphatic rings. The van der Waals surface area contributed by atoms with Gasteiger partial charge in [-0.2, -0.15) is 0 Å². The second-order valence-electron chi connectivity index (χ2n) is 12.7. The van der Waals surface area contributed by atoms with Crippen molar-refractivity contribution in [2.45, 2.75) is 104 Å². The van der Waals surface area contributed by atoms with Crippen LogP contribution < -0.4 is 16.0 Å². The lowest BCUT2D eigenvalue weighted by Gasteiger charge is -2.54. The maximum absolute atomic E-state index is 13.4. The zero-order valence-corrected chi connectivity index (χ0v) is 23.0. The zero-order chi connectivity index (χ0) is 27.1. The molecule has 4 saturated carbocycles. The molecule has 0 saturated heterocycles. The van der Waals surface area contributed by atoms with E-state index in [9.17, 15) is 19.5 Å². The van der Waals surface area contributed by atoms with Crippen LogP contribution in [0.3, 0.4) is 0 Å². The lowest BCUT2D eigenvalue weighted by molar-refractivity contribution is -0.131. The van der Waals surface area contributed by atoms with Gasteiger partial charge < -0.3 is 25.8 Å². The number of carbonyl (C=O) groups excluding carboxylic acids is 3. The fraction of sp³-hybridized carbons (Fsp3) is 0.690. The van der Waals surface area contributed by atoms with Crippen LogP contribution in [0, 0.1) is 37.5 Å². The summed E-state index contributed by atoms with van der Waals surface area (Å²) in [6.45, 7) is 10.7. The van der Waals surface area contributed by atoms with Crippen molar-refractivity contribution in [2.75, 3.05) is 0 Å². The number of ether oxygens (including phenoxy) is 1. The minimum atomic E-state index is -0.951. The van der Waals surface area contributed by atoms with E-state index in [1.165, 1.54) is 32.1 Å². The van der Waals surface area contributed by atoms with E-state index in [0.29, 0.717) is 11.8 Å². The first-order chi connectivity index (χ1) is 17.3. The van der Waals surface area contributed by atoms with Crippen molar-refractivity contribution in [3.05, 3.63) is 28.8 Å². The second-order valence-corrected chi connectivity index (χ2v) is 12.7. The summed E-state index contributed by atoms with van der Waals surface area (Å²) in [4.78, 5) is 39.1. The van der Waals surface area contributed by atoms with Crippen LogP contribution in [0.1, 0.15) is 76.5 Å². The van der Waals surface area contributed by atoms with Gasteiger partial charge in [0.05, 0.1) is 0 Å². The summed E-state index contributed by atoms with van der Waals surface area (Å²) < 4.78 is 5.39. The number of aryl methyl sites for hydroxylation is 2. The SMILES string of the molecule is Cc1cc(O)cc(C)c1C[C@H](NC(=O)OC(C)(C)C)C(=O)N[C@H](C)C(=O)NC1C2CC3CC(C2)CC1C3. The number of phenols is 1. The smallest absolute Gasteiger partial charge is 0.408 e. The van der Waals surface area contributed by atoms with Gasteiger partial charge in [0.2, 0.25) is 11.8 Å². The molecule has 8 heteroatoms. The van der Waals surface area contributed by atoms with E-state index in [1.54, 1.807) is 39.8 Å². The summed E-state index contributed by atoms with van der Waals surface area (Å²) in [7, 11) is 0. The largest absolute Gasteiger partial charge is 0.508 e. The van der Waals surface area contributed by atoms with Gasteiger partial charge in [0.15, 0.2) is 0 Å². The maximum Gasteiger partial charge on any atom is 0.408 e. The molecule has 1 aromatic rings. The average Bonchev–Trinajstić information content (AvgIpc) is 2.75. The highest BCUT2D eigenvalue weighted by Crippen LogP contribution is 2.53. The molecule has 0 spiro atoms. The second kappa shape index (κ2) is 10.5. The van der Waals surface area contributed by atoms with Gasteiger partial charge in [-0.05, 0) is 126 Å². The predicted octanol–water partition coefficient (Wildman–Crippen LogP) is 3.89. The Balaban J connectivity index is 1.43. The number of alkyl carbamates (subject to hydrolysis) is 1. The molecule has 37 heavy (non-hydrogen) atoms. The fourth-order valence-corrected chi connectivity index (χ4v) is 6.99. The molecule has 8 nitrogen and oxygen atoms in total. The van der Waals surface area contributed by atoms with E-state index >= 15 is 0 Å². The topological polar surface area (TPSA) is 117 Å². The number of amides is 3. The molecule has 0 heterocycles. The molecule has 4 aliphatic carbocycles. The summed E-state index contributed by atoms with van der Waals surface area (Å²) in [6.07, 6.45) is 5.65. The Morgan fingerprint density at radius 1 is 0.946 bits per heavy atom. The van der Waals surface area contributed by atoms with Crippen LogP contribution in [-0.4, -0.2) is 46.7 Å². The summed E-state index contributed by atoms with van der Waals surface area (Å²) in [6, 6.07) is 1.76. The summed E-state index contributed by atoms with van der Waals surface area (Å²) in [5, 5.41) is 18.7. The van der Waals surface area contributed by atoms with Crippen LogP contribution in [0.2, 0.25) is 0 Å². The highest BCUT2D eigenvalue weighted by molar-refractivity contribution is 5.91. The highest BCUT2D eigenvalue weighted by atomic mass is 16.6. The van der Waals surface area contributed by atoms with Crippen LogP contribution in [-0.2, 0) is 20.7 Å². The number of hydrogen-bond acceptors (Lipinski definition) is 5. The van der Waals surface area contributed by atoms with Crippen LogP contribution in [0.15, 0.2) is 12.1 Å². The summed E-state index contributed by atoms with van der Waals surface area (Å²) in [5.41, 5.74) is 1.75. The van der Waals surface area contributed by atoms with Crippen molar-refractivity contribution in [2.24, 2.45) is 23.7 Å². The van der Waals surface area contributed by atoms with Crippen molar-refractivity contribution in [1.29, 1.82) is 0 Å². The molecule has 4 bridgehead atoms. The van der Waals surface area contributed by atoms with E-state index in [4.69, 9.17) is 4.74 Å². The molecule has 1 aromatic carbocycles. The third kappa shape index (κ3) is 6.57. The van der Waals surface area contributed by atoms with E-state index < -0.39 is 29.7 Å². The Kier molecular flexibility index (Phi) is 7.77. The van der Waals surface area contributed by atoms with Gasteiger partial charge in [0.1, 0.15) is 23.4 Å². The van der Waals surface area contributed by atoms with Crippen molar-refractivity contribution in [3.8, 4) is 5.75 Å². The standard InChI is InChI=1S/C29H43N3O5/c1-15-7-22(33)8-16(2)23(15)14-24(31-28(36)37-29(4,5)6)27(35)30-17(3)26(34)32-25-20-10-18-9-19(12-20)13-21(25)11-18/h7-8,17-21,24-25,33H,9-14H2,1-6H3,(H,30,35)(H,31,36)(H,32,34)/t17-,18?,19?,20?,21?,24+,25?/m1/s1. The van der Waals surface area contributed by atoms with Crippen molar-refractivity contribution < 1.29 is 24.2 Å².